The van der Waals surface area contributed by atoms with E-state index in [1.165, 1.54) is 31.2 Å². The molecule has 0 atom stereocenters. The van der Waals surface area contributed by atoms with Crippen molar-refractivity contribution in [1.82, 2.24) is 0 Å². The van der Waals surface area contributed by atoms with Crippen LogP contribution in [0.1, 0.15) is 70.4 Å². The summed E-state index contributed by atoms with van der Waals surface area (Å²) in [7, 11) is 0. The maximum Gasteiger partial charge on any atom is -0.0162 e. The number of hydrogen-bond acceptors (Lipinski definition) is 0. The molecule has 0 aromatic heterocycles. The lowest BCUT2D eigenvalue weighted by molar-refractivity contribution is 0.259. The van der Waals surface area contributed by atoms with Crippen LogP contribution < -0.4 is 0 Å². The lowest BCUT2D eigenvalue weighted by Crippen LogP contribution is -2.17. The molecule has 0 nitrogen and oxygen atoms in total. The van der Waals surface area contributed by atoms with Gasteiger partial charge in [0.15, 0.2) is 0 Å². The molecule has 0 aliphatic heterocycles. The zero-order valence-electron chi connectivity index (χ0n) is 12.9. The highest BCUT2D eigenvalue weighted by molar-refractivity contribution is 5.24. The predicted molar refractivity (Wildman–Crippen MR) is 82.1 cm³/mol. The van der Waals surface area contributed by atoms with E-state index in [0.717, 1.165) is 17.8 Å². The van der Waals surface area contributed by atoms with Gasteiger partial charge < -0.3 is 0 Å². The van der Waals surface area contributed by atoms with Gasteiger partial charge in [-0.15, -0.1) is 0 Å². The van der Waals surface area contributed by atoms with Crippen LogP contribution in [0.4, 0.5) is 0 Å². The quantitative estimate of drug-likeness (QED) is 0.604. The van der Waals surface area contributed by atoms with Gasteiger partial charge in [0.25, 0.3) is 0 Å². The molecule has 0 radical (unpaired) electrons. The van der Waals surface area contributed by atoms with Gasteiger partial charge in [0.05, 0.1) is 0 Å². The van der Waals surface area contributed by atoms with Crippen molar-refractivity contribution in [1.29, 1.82) is 0 Å². The molecule has 1 aromatic rings. The Morgan fingerprint density at radius 3 is 1.83 bits per heavy atom. The molecule has 1 aliphatic carbocycles. The van der Waals surface area contributed by atoms with Crippen molar-refractivity contribution in [3.63, 3.8) is 0 Å². The van der Waals surface area contributed by atoms with Crippen LogP contribution in [-0.4, -0.2) is 0 Å². The first-order valence-electron chi connectivity index (χ1n) is 7.73. The summed E-state index contributed by atoms with van der Waals surface area (Å²) in [5, 5.41) is 0. The molecular weight excluding hydrogens is 216 g/mol. The van der Waals surface area contributed by atoms with Gasteiger partial charge in [-0.3, -0.25) is 0 Å². The Morgan fingerprint density at radius 1 is 0.889 bits per heavy atom. The molecular formula is C18H30. The van der Waals surface area contributed by atoms with Gasteiger partial charge in [-0.1, -0.05) is 57.5 Å². The average molecular weight is 246 g/mol. The zero-order chi connectivity index (χ0) is 13.5. The summed E-state index contributed by atoms with van der Waals surface area (Å²) >= 11 is 0. The van der Waals surface area contributed by atoms with E-state index in [1.807, 2.05) is 13.8 Å². The Bertz CT molecular complexity index is 312. The molecule has 1 fully saturated rings. The fourth-order valence-corrected chi connectivity index (χ4v) is 2.96. The van der Waals surface area contributed by atoms with Gasteiger partial charge in [0, 0.05) is 0 Å². The lowest BCUT2D eigenvalue weighted by atomic mass is 9.75. The van der Waals surface area contributed by atoms with Gasteiger partial charge in [0.2, 0.25) is 0 Å². The van der Waals surface area contributed by atoms with Gasteiger partial charge in [-0.05, 0) is 55.9 Å². The van der Waals surface area contributed by atoms with E-state index in [2.05, 4.69) is 45.0 Å². The molecule has 0 spiro atoms. The summed E-state index contributed by atoms with van der Waals surface area (Å²) in [5.41, 5.74) is 2.94. The number of hydrogen-bond donors (Lipinski definition) is 0. The Morgan fingerprint density at radius 2 is 1.39 bits per heavy atom. The minimum absolute atomic E-state index is 0.829. The van der Waals surface area contributed by atoms with E-state index < -0.39 is 0 Å². The molecule has 2 rings (SSSR count). The third-order valence-electron chi connectivity index (χ3n) is 4.26. The molecule has 0 heterocycles. The summed E-state index contributed by atoms with van der Waals surface area (Å²) in [6, 6.07) is 9.17. The van der Waals surface area contributed by atoms with Crippen LogP contribution in [0.5, 0.6) is 0 Å². The molecule has 0 N–H and O–H groups in total. The highest BCUT2D eigenvalue weighted by Crippen LogP contribution is 2.38. The van der Waals surface area contributed by atoms with Crippen molar-refractivity contribution in [2.45, 2.75) is 66.2 Å². The van der Waals surface area contributed by atoms with Crippen LogP contribution in [0.25, 0.3) is 0 Å². The number of rotatable bonds is 2. The minimum Gasteiger partial charge on any atom is -0.0683 e. The molecule has 0 saturated heterocycles. The number of aryl methyl sites for hydroxylation is 1. The van der Waals surface area contributed by atoms with Gasteiger partial charge in [-0.2, -0.15) is 0 Å². The van der Waals surface area contributed by atoms with Crippen LogP contribution in [0.15, 0.2) is 24.3 Å². The molecule has 1 aliphatic rings. The average Bonchev–Trinajstić information content (AvgIpc) is 2.42. The summed E-state index contributed by atoms with van der Waals surface area (Å²) in [5.74, 6) is 2.68. The number of benzene rings is 1. The Labute approximate surface area is 114 Å². The molecule has 0 heteroatoms. The fourth-order valence-electron chi connectivity index (χ4n) is 2.96. The standard InChI is InChI=1S/C16H24.C2H6/c1-12(2)14-8-10-16(11-9-14)15-6-4-13(3)5-7-15;1-2/h4-7,12,14,16H,8-11H2,1-3H3;1-2H3. The van der Waals surface area contributed by atoms with Crippen LogP contribution >= 0.6 is 0 Å². The summed E-state index contributed by atoms with van der Waals surface area (Å²) in [6.45, 7) is 10.9. The normalized spacial score (nSPS) is 23.4. The van der Waals surface area contributed by atoms with Crippen molar-refractivity contribution in [3.8, 4) is 0 Å². The van der Waals surface area contributed by atoms with Crippen molar-refractivity contribution in [3.05, 3.63) is 35.4 Å². The van der Waals surface area contributed by atoms with Gasteiger partial charge in [0.1, 0.15) is 0 Å². The molecule has 18 heavy (non-hydrogen) atoms. The summed E-state index contributed by atoms with van der Waals surface area (Å²) in [4.78, 5) is 0. The maximum atomic E-state index is 2.37. The molecule has 1 aromatic carbocycles. The maximum absolute atomic E-state index is 2.37. The van der Waals surface area contributed by atoms with E-state index in [1.54, 1.807) is 5.56 Å². The molecule has 0 amide bonds. The third-order valence-corrected chi connectivity index (χ3v) is 4.26. The summed E-state index contributed by atoms with van der Waals surface area (Å²) < 4.78 is 0. The summed E-state index contributed by atoms with van der Waals surface area (Å²) in [6.07, 6.45) is 5.64. The second-order valence-electron chi connectivity index (χ2n) is 5.77. The van der Waals surface area contributed by atoms with E-state index in [4.69, 9.17) is 0 Å². The Hall–Kier alpha value is -0.780. The van der Waals surface area contributed by atoms with Crippen LogP contribution in [0, 0.1) is 18.8 Å². The fraction of sp³-hybridized carbons (Fsp3) is 0.667. The highest BCUT2D eigenvalue weighted by Gasteiger charge is 2.23. The van der Waals surface area contributed by atoms with Crippen molar-refractivity contribution in [2.75, 3.05) is 0 Å². The van der Waals surface area contributed by atoms with E-state index in [0.29, 0.717) is 0 Å². The molecule has 0 unspecified atom stereocenters. The zero-order valence-corrected chi connectivity index (χ0v) is 12.9. The SMILES string of the molecule is CC.Cc1ccc(C2CCC(C(C)C)CC2)cc1. The third kappa shape index (κ3) is 4.15. The van der Waals surface area contributed by atoms with Crippen molar-refractivity contribution in [2.24, 2.45) is 11.8 Å². The first-order chi connectivity index (χ1) is 8.66. The lowest BCUT2D eigenvalue weighted by Gasteiger charge is -2.31. The van der Waals surface area contributed by atoms with E-state index in [9.17, 15) is 0 Å². The Kier molecular flexibility index (Phi) is 6.46. The van der Waals surface area contributed by atoms with Crippen LogP contribution in [0.2, 0.25) is 0 Å². The second kappa shape index (κ2) is 7.61. The second-order valence-corrected chi connectivity index (χ2v) is 5.77. The monoisotopic (exact) mass is 246 g/mol. The first-order valence-corrected chi connectivity index (χ1v) is 7.73. The smallest absolute Gasteiger partial charge is 0.0162 e. The molecule has 1 saturated carbocycles. The van der Waals surface area contributed by atoms with Gasteiger partial charge >= 0.3 is 0 Å². The van der Waals surface area contributed by atoms with Crippen LogP contribution in [0.3, 0.4) is 0 Å². The van der Waals surface area contributed by atoms with Crippen molar-refractivity contribution >= 4 is 0 Å². The Balaban J connectivity index is 0.000000771. The highest BCUT2D eigenvalue weighted by atomic mass is 14.3. The van der Waals surface area contributed by atoms with E-state index in [-0.39, 0.29) is 0 Å². The first kappa shape index (κ1) is 15.3. The topological polar surface area (TPSA) is 0 Å². The van der Waals surface area contributed by atoms with Crippen LogP contribution in [-0.2, 0) is 0 Å². The molecule has 0 bridgehead atoms. The van der Waals surface area contributed by atoms with Crippen molar-refractivity contribution < 1.29 is 0 Å². The predicted octanol–water partition coefficient (Wildman–Crippen LogP) is 5.95. The van der Waals surface area contributed by atoms with E-state index >= 15 is 0 Å². The molecule has 102 valence electrons. The largest absolute Gasteiger partial charge is 0.0683 e. The van der Waals surface area contributed by atoms with Gasteiger partial charge in [-0.25, -0.2) is 0 Å². The minimum atomic E-state index is 0.829.